The van der Waals surface area contributed by atoms with Crippen LogP contribution < -0.4 is 14.5 Å². The zero-order valence-corrected chi connectivity index (χ0v) is 20.7. The van der Waals surface area contributed by atoms with Gasteiger partial charge in [-0.3, -0.25) is 14.5 Å². The van der Waals surface area contributed by atoms with E-state index in [1.165, 1.54) is 4.90 Å². The number of nitrogens with zero attached hydrogens (tertiary/aromatic N) is 2. The predicted octanol–water partition coefficient (Wildman–Crippen LogP) is 5.19. The number of aromatic amines is 1. The number of aromatic nitrogens is 1. The summed E-state index contributed by atoms with van der Waals surface area (Å²) < 4.78 is 5.72. The minimum atomic E-state index is -0.798. The second kappa shape index (κ2) is 8.85. The first-order chi connectivity index (χ1) is 17.9. The summed E-state index contributed by atoms with van der Waals surface area (Å²) in [6.07, 6.45) is 3.53. The lowest BCUT2D eigenvalue weighted by Crippen LogP contribution is -2.29. The number of fused-ring (bicyclic) bond motifs is 2. The molecule has 0 radical (unpaired) electrons. The average molecular weight is 494 g/mol. The van der Waals surface area contributed by atoms with Crippen LogP contribution in [0.5, 0.6) is 5.75 Å². The molecule has 1 aromatic heterocycles. The fraction of sp³-hybridized carbons (Fsp3) is 0.200. The molecular formula is C30H27N3O4. The molecule has 4 aromatic rings. The molecule has 0 bridgehead atoms. The van der Waals surface area contributed by atoms with Crippen LogP contribution in [0, 0.1) is 0 Å². The van der Waals surface area contributed by atoms with Crippen LogP contribution >= 0.6 is 0 Å². The monoisotopic (exact) mass is 493 g/mol. The topological polar surface area (TPSA) is 85.9 Å². The Morgan fingerprint density at radius 3 is 2.62 bits per heavy atom. The van der Waals surface area contributed by atoms with Gasteiger partial charge in [-0.1, -0.05) is 18.2 Å². The molecule has 6 rings (SSSR count). The van der Waals surface area contributed by atoms with Crippen LogP contribution in [0.1, 0.15) is 29.2 Å². The van der Waals surface area contributed by atoms with E-state index in [0.717, 1.165) is 46.3 Å². The first kappa shape index (κ1) is 22.9. The number of hydrogen-bond acceptors (Lipinski definition) is 5. The molecule has 7 nitrogen and oxygen atoms in total. The third kappa shape index (κ3) is 3.74. The standard InChI is InChI=1S/C30H27N3O4/c1-32(2)20-10-12-21(13-11-20)33-27(23-17-31-24-8-4-3-7-22(23)24)26(29(35)30(33)36)28(34)19-9-14-25-18(16-19)6-5-15-37-25/h3-4,7-14,16-17,27,31,34H,5-6,15H2,1-2H3/b28-26+. The van der Waals surface area contributed by atoms with Crippen molar-refractivity contribution in [3.05, 3.63) is 95.2 Å². The van der Waals surface area contributed by atoms with Gasteiger partial charge in [0.15, 0.2) is 0 Å². The van der Waals surface area contributed by atoms with Gasteiger partial charge in [0.05, 0.1) is 18.2 Å². The quantitative estimate of drug-likeness (QED) is 0.232. The van der Waals surface area contributed by atoms with Gasteiger partial charge >= 0.3 is 0 Å². The number of anilines is 2. The summed E-state index contributed by atoms with van der Waals surface area (Å²) in [5, 5.41) is 12.4. The van der Waals surface area contributed by atoms with Crippen LogP contribution in [0.2, 0.25) is 0 Å². The van der Waals surface area contributed by atoms with E-state index in [1.54, 1.807) is 6.07 Å². The highest BCUT2D eigenvalue weighted by atomic mass is 16.5. The summed E-state index contributed by atoms with van der Waals surface area (Å²) >= 11 is 0. The van der Waals surface area contributed by atoms with Crippen molar-refractivity contribution in [1.82, 2.24) is 4.98 Å². The molecule has 1 amide bonds. The number of aliphatic hydroxyl groups excluding tert-OH is 1. The van der Waals surface area contributed by atoms with Gasteiger partial charge in [0, 0.05) is 53.7 Å². The van der Waals surface area contributed by atoms with E-state index in [2.05, 4.69) is 4.98 Å². The SMILES string of the molecule is CN(C)c1ccc(N2C(=O)C(=O)/C(=C(/O)c3ccc4c(c3)CCCO4)C2c2c[nH]c3ccccc23)cc1. The average Bonchev–Trinajstić information content (AvgIpc) is 3.46. The second-order valence-corrected chi connectivity index (χ2v) is 9.64. The molecule has 37 heavy (non-hydrogen) atoms. The lowest BCUT2D eigenvalue weighted by atomic mass is 9.93. The van der Waals surface area contributed by atoms with Crippen LogP contribution in [0.3, 0.4) is 0 Å². The van der Waals surface area contributed by atoms with Gasteiger partial charge in [-0.2, -0.15) is 0 Å². The van der Waals surface area contributed by atoms with Crippen molar-refractivity contribution in [2.45, 2.75) is 18.9 Å². The summed E-state index contributed by atoms with van der Waals surface area (Å²) in [7, 11) is 3.88. The highest BCUT2D eigenvalue weighted by Crippen LogP contribution is 2.44. The number of carbonyl (C=O) groups is 2. The van der Waals surface area contributed by atoms with Gasteiger partial charge in [0.2, 0.25) is 0 Å². The van der Waals surface area contributed by atoms with E-state index >= 15 is 0 Å². The largest absolute Gasteiger partial charge is 0.507 e. The number of amides is 1. The van der Waals surface area contributed by atoms with Crippen molar-refractivity contribution in [3.8, 4) is 5.75 Å². The van der Waals surface area contributed by atoms with Crippen LogP contribution in [0.15, 0.2) is 78.5 Å². The Labute approximate surface area is 214 Å². The number of hydrogen-bond donors (Lipinski definition) is 2. The highest BCUT2D eigenvalue weighted by molar-refractivity contribution is 6.51. The minimum Gasteiger partial charge on any atom is -0.507 e. The van der Waals surface area contributed by atoms with Crippen LogP contribution in [0.4, 0.5) is 11.4 Å². The molecule has 0 spiro atoms. The highest BCUT2D eigenvalue weighted by Gasteiger charge is 2.47. The van der Waals surface area contributed by atoms with E-state index in [9.17, 15) is 14.7 Å². The number of H-pyrrole nitrogens is 1. The lowest BCUT2D eigenvalue weighted by molar-refractivity contribution is -0.132. The Balaban J connectivity index is 1.55. The molecule has 0 saturated carbocycles. The molecule has 0 aliphatic carbocycles. The zero-order chi connectivity index (χ0) is 25.7. The number of carbonyl (C=O) groups excluding carboxylic acids is 2. The van der Waals surface area contributed by atoms with E-state index in [0.29, 0.717) is 17.9 Å². The smallest absolute Gasteiger partial charge is 0.300 e. The second-order valence-electron chi connectivity index (χ2n) is 9.64. The van der Waals surface area contributed by atoms with Gasteiger partial charge in [-0.15, -0.1) is 0 Å². The number of para-hydroxylation sites is 1. The van der Waals surface area contributed by atoms with Crippen molar-refractivity contribution in [1.29, 1.82) is 0 Å². The van der Waals surface area contributed by atoms with Crippen LogP contribution in [-0.4, -0.2) is 42.5 Å². The first-order valence-corrected chi connectivity index (χ1v) is 12.3. The Morgan fingerprint density at radius 2 is 1.84 bits per heavy atom. The van der Waals surface area contributed by atoms with Gasteiger partial charge in [0.25, 0.3) is 11.7 Å². The summed E-state index contributed by atoms with van der Waals surface area (Å²) in [4.78, 5) is 33.8. The number of Topliss-reactive ketones (excluding diaryl/α,β-unsaturated/α-hetero) is 1. The predicted molar refractivity (Wildman–Crippen MR) is 144 cm³/mol. The van der Waals surface area contributed by atoms with Crippen molar-refractivity contribution in [2.75, 3.05) is 30.5 Å². The molecule has 186 valence electrons. The molecule has 3 heterocycles. The lowest BCUT2D eigenvalue weighted by Gasteiger charge is -2.26. The van der Waals surface area contributed by atoms with Crippen molar-refractivity contribution < 1.29 is 19.4 Å². The fourth-order valence-electron chi connectivity index (χ4n) is 5.29. The number of rotatable bonds is 4. The molecule has 2 aliphatic rings. The van der Waals surface area contributed by atoms with Gasteiger partial charge in [-0.25, -0.2) is 0 Å². The number of ketones is 1. The number of benzene rings is 3. The van der Waals surface area contributed by atoms with Gasteiger partial charge < -0.3 is 19.7 Å². The van der Waals surface area contributed by atoms with E-state index in [4.69, 9.17) is 4.74 Å². The third-order valence-electron chi connectivity index (χ3n) is 7.19. The number of nitrogens with one attached hydrogen (secondary N) is 1. The molecule has 1 saturated heterocycles. The maximum absolute atomic E-state index is 13.6. The van der Waals surface area contributed by atoms with Crippen molar-refractivity contribution in [2.24, 2.45) is 0 Å². The molecule has 1 fully saturated rings. The third-order valence-corrected chi connectivity index (χ3v) is 7.19. The zero-order valence-electron chi connectivity index (χ0n) is 20.7. The Kier molecular flexibility index (Phi) is 5.48. The molecule has 2 aliphatic heterocycles. The summed E-state index contributed by atoms with van der Waals surface area (Å²) in [5.74, 6) is -0.777. The molecule has 3 aromatic carbocycles. The number of ether oxygens (including phenoxy) is 1. The molecule has 1 atom stereocenters. The van der Waals surface area contributed by atoms with Gasteiger partial charge in [0.1, 0.15) is 11.5 Å². The fourth-order valence-corrected chi connectivity index (χ4v) is 5.29. The van der Waals surface area contributed by atoms with E-state index in [1.807, 2.05) is 85.9 Å². The minimum absolute atomic E-state index is 0.0723. The molecule has 7 heteroatoms. The van der Waals surface area contributed by atoms with Crippen molar-refractivity contribution >= 4 is 39.7 Å². The van der Waals surface area contributed by atoms with E-state index < -0.39 is 17.7 Å². The first-order valence-electron chi connectivity index (χ1n) is 12.3. The van der Waals surface area contributed by atoms with E-state index in [-0.39, 0.29) is 11.3 Å². The molecular weight excluding hydrogens is 466 g/mol. The van der Waals surface area contributed by atoms with Crippen LogP contribution in [-0.2, 0) is 16.0 Å². The normalized spacial score (nSPS) is 18.6. The molecule has 2 N–H and O–H groups in total. The van der Waals surface area contributed by atoms with Crippen LogP contribution in [0.25, 0.3) is 16.7 Å². The summed E-state index contributed by atoms with van der Waals surface area (Å²) in [5.41, 5.74) is 4.73. The summed E-state index contributed by atoms with van der Waals surface area (Å²) in [6, 6.07) is 19.8. The Bertz CT molecular complexity index is 1570. The van der Waals surface area contributed by atoms with Gasteiger partial charge in [-0.05, 0) is 66.9 Å². The number of aryl methyl sites for hydroxylation is 1. The summed E-state index contributed by atoms with van der Waals surface area (Å²) in [6.45, 7) is 0.663. The Morgan fingerprint density at radius 1 is 1.05 bits per heavy atom. The maximum Gasteiger partial charge on any atom is 0.300 e. The maximum atomic E-state index is 13.6. The Hall–Kier alpha value is -4.52. The van der Waals surface area contributed by atoms with Crippen molar-refractivity contribution in [3.63, 3.8) is 0 Å². The molecule has 1 unspecified atom stereocenters. The number of aliphatic hydroxyl groups is 1.